The molecule has 152 valence electrons. The molecule has 6 nitrogen and oxygen atoms in total. The quantitative estimate of drug-likeness (QED) is 0.562. The topological polar surface area (TPSA) is 88.5 Å². The maximum Gasteiger partial charge on any atom is 0.229 e. The summed E-state index contributed by atoms with van der Waals surface area (Å²) in [6, 6.07) is 18.5. The lowest BCUT2D eigenvalue weighted by atomic mass is 10.1. The van der Waals surface area contributed by atoms with Gasteiger partial charge in [-0.1, -0.05) is 30.3 Å². The van der Waals surface area contributed by atoms with Gasteiger partial charge >= 0.3 is 0 Å². The maximum absolute atomic E-state index is 11.4. The second-order valence-electron chi connectivity index (χ2n) is 6.84. The van der Waals surface area contributed by atoms with E-state index in [2.05, 4.69) is 9.71 Å². The molecule has 1 atom stereocenters. The molecule has 0 aliphatic rings. The van der Waals surface area contributed by atoms with Gasteiger partial charge in [0.25, 0.3) is 0 Å². The van der Waals surface area contributed by atoms with Gasteiger partial charge in [0, 0.05) is 18.1 Å². The Hall–Kier alpha value is -2.90. The molecule has 1 aromatic heterocycles. The van der Waals surface area contributed by atoms with E-state index in [4.69, 9.17) is 4.74 Å². The molecule has 0 fully saturated rings. The van der Waals surface area contributed by atoms with Crippen molar-refractivity contribution in [2.75, 3.05) is 17.6 Å². The predicted octanol–water partition coefficient (Wildman–Crippen LogP) is 3.49. The molecule has 0 spiro atoms. The van der Waals surface area contributed by atoms with Gasteiger partial charge in [0.05, 0.1) is 12.4 Å². The van der Waals surface area contributed by atoms with Crippen molar-refractivity contribution in [1.29, 1.82) is 0 Å². The highest BCUT2D eigenvalue weighted by molar-refractivity contribution is 7.92. The van der Waals surface area contributed by atoms with Crippen LogP contribution in [0.2, 0.25) is 0 Å². The van der Waals surface area contributed by atoms with Gasteiger partial charge in [-0.15, -0.1) is 0 Å². The van der Waals surface area contributed by atoms with Crippen molar-refractivity contribution in [2.24, 2.45) is 0 Å². The largest absolute Gasteiger partial charge is 0.491 e. The summed E-state index contributed by atoms with van der Waals surface area (Å²) in [5.41, 5.74) is 3.43. The van der Waals surface area contributed by atoms with Gasteiger partial charge in [-0.3, -0.25) is 9.71 Å². The number of anilines is 1. The smallest absolute Gasteiger partial charge is 0.229 e. The summed E-state index contributed by atoms with van der Waals surface area (Å²) in [5, 5.41) is 10.1. The van der Waals surface area contributed by atoms with Crippen LogP contribution in [0.25, 0.3) is 11.1 Å². The van der Waals surface area contributed by atoms with Crippen LogP contribution < -0.4 is 9.46 Å². The van der Waals surface area contributed by atoms with Crippen LogP contribution in [0, 0.1) is 0 Å². The van der Waals surface area contributed by atoms with Gasteiger partial charge in [0.2, 0.25) is 10.0 Å². The van der Waals surface area contributed by atoms with Crippen molar-refractivity contribution in [2.45, 2.75) is 18.9 Å². The highest BCUT2D eigenvalue weighted by Crippen LogP contribution is 2.25. The molecule has 0 saturated heterocycles. The minimum absolute atomic E-state index is 0.216. The molecule has 3 rings (SSSR count). The van der Waals surface area contributed by atoms with E-state index in [1.807, 2.05) is 42.5 Å². The first kappa shape index (κ1) is 20.8. The summed E-state index contributed by atoms with van der Waals surface area (Å²) < 4.78 is 30.9. The van der Waals surface area contributed by atoms with Crippen LogP contribution in [0.1, 0.15) is 12.0 Å². The Balaban J connectivity index is 1.54. The Bertz CT molecular complexity index is 1020. The van der Waals surface area contributed by atoms with Gasteiger partial charge in [0.1, 0.15) is 12.4 Å². The lowest BCUT2D eigenvalue weighted by Gasteiger charge is -2.13. The number of hydrogen-bond acceptors (Lipinski definition) is 5. The van der Waals surface area contributed by atoms with Crippen LogP contribution in [0.4, 0.5) is 5.69 Å². The fourth-order valence-corrected chi connectivity index (χ4v) is 3.43. The molecule has 0 aliphatic heterocycles. The van der Waals surface area contributed by atoms with Gasteiger partial charge in [-0.05, 0) is 59.9 Å². The van der Waals surface area contributed by atoms with Gasteiger partial charge in [0.15, 0.2) is 0 Å². The predicted molar refractivity (Wildman–Crippen MR) is 114 cm³/mol. The van der Waals surface area contributed by atoms with Crippen LogP contribution in [0.15, 0.2) is 73.1 Å². The molecule has 29 heavy (non-hydrogen) atoms. The Labute approximate surface area is 171 Å². The normalized spacial score (nSPS) is 12.3. The van der Waals surface area contributed by atoms with Gasteiger partial charge < -0.3 is 9.84 Å². The number of nitrogens with one attached hydrogen (secondary N) is 1. The third-order valence-corrected chi connectivity index (χ3v) is 4.89. The zero-order valence-electron chi connectivity index (χ0n) is 16.2. The van der Waals surface area contributed by atoms with Crippen molar-refractivity contribution < 1.29 is 18.3 Å². The van der Waals surface area contributed by atoms with E-state index in [0.717, 1.165) is 29.4 Å². The van der Waals surface area contributed by atoms with Gasteiger partial charge in [-0.25, -0.2) is 8.42 Å². The fraction of sp³-hybridized carbons (Fsp3) is 0.227. The van der Waals surface area contributed by atoms with Gasteiger partial charge in [-0.2, -0.15) is 0 Å². The van der Waals surface area contributed by atoms with E-state index in [1.165, 1.54) is 0 Å². The molecule has 0 saturated carbocycles. The number of sulfonamides is 1. The Morgan fingerprint density at radius 1 is 1.07 bits per heavy atom. The Kier molecular flexibility index (Phi) is 6.85. The number of rotatable bonds is 9. The lowest BCUT2D eigenvalue weighted by Crippen LogP contribution is -2.18. The second-order valence-corrected chi connectivity index (χ2v) is 8.59. The number of aliphatic hydroxyl groups excluding tert-OH is 1. The monoisotopic (exact) mass is 412 g/mol. The van der Waals surface area contributed by atoms with E-state index in [9.17, 15) is 13.5 Å². The summed E-state index contributed by atoms with van der Waals surface area (Å²) in [5.74, 6) is 0.666. The third kappa shape index (κ3) is 6.89. The van der Waals surface area contributed by atoms with E-state index >= 15 is 0 Å². The standard InChI is InChI=1S/C22H24N2O4S/c1-29(26,27)24-20-6-2-5-19(14-20)18-8-11-22(12-9-18)28-16-21(25)10-7-17-4-3-13-23-15-17/h2-6,8-9,11-15,21,24-25H,7,10,16H2,1H3/t21-/m1/s1. The third-order valence-electron chi connectivity index (χ3n) is 4.28. The first-order chi connectivity index (χ1) is 13.9. The fourth-order valence-electron chi connectivity index (χ4n) is 2.87. The minimum Gasteiger partial charge on any atom is -0.491 e. The molecule has 2 aromatic carbocycles. The van der Waals surface area contributed by atoms with E-state index < -0.39 is 16.1 Å². The van der Waals surface area contributed by atoms with Crippen molar-refractivity contribution in [3.63, 3.8) is 0 Å². The number of benzene rings is 2. The van der Waals surface area contributed by atoms with Crippen LogP contribution in [0.3, 0.4) is 0 Å². The lowest BCUT2D eigenvalue weighted by molar-refractivity contribution is 0.100. The molecule has 0 aliphatic carbocycles. The van der Waals surface area contributed by atoms with Crippen LogP contribution in [-0.4, -0.2) is 37.5 Å². The number of aliphatic hydroxyl groups is 1. The number of pyridine rings is 1. The molecular formula is C22H24N2O4S. The average Bonchev–Trinajstić information content (AvgIpc) is 2.71. The number of hydrogen-bond donors (Lipinski definition) is 2. The first-order valence-electron chi connectivity index (χ1n) is 9.27. The molecule has 7 heteroatoms. The van der Waals surface area contributed by atoms with Crippen LogP contribution in [-0.2, 0) is 16.4 Å². The van der Waals surface area contributed by atoms with Crippen molar-refractivity contribution in [1.82, 2.24) is 4.98 Å². The number of aromatic nitrogens is 1. The van der Waals surface area contributed by atoms with Crippen molar-refractivity contribution >= 4 is 15.7 Å². The Morgan fingerprint density at radius 2 is 1.86 bits per heavy atom. The van der Waals surface area contributed by atoms with Crippen LogP contribution >= 0.6 is 0 Å². The molecule has 1 heterocycles. The molecule has 2 N–H and O–H groups in total. The van der Waals surface area contributed by atoms with E-state index in [-0.39, 0.29) is 6.61 Å². The zero-order valence-corrected chi connectivity index (χ0v) is 17.0. The molecule has 3 aromatic rings. The summed E-state index contributed by atoms with van der Waals surface area (Å²) >= 11 is 0. The maximum atomic E-state index is 11.4. The first-order valence-corrected chi connectivity index (χ1v) is 11.2. The zero-order chi connectivity index (χ0) is 20.7. The summed E-state index contributed by atoms with van der Waals surface area (Å²) in [7, 11) is -3.32. The number of aryl methyl sites for hydroxylation is 1. The Morgan fingerprint density at radius 3 is 2.55 bits per heavy atom. The number of nitrogens with zero attached hydrogens (tertiary/aromatic N) is 1. The van der Waals surface area contributed by atoms with E-state index in [1.54, 1.807) is 30.6 Å². The molecule has 0 radical (unpaired) electrons. The molecule has 0 bridgehead atoms. The molecule has 0 unspecified atom stereocenters. The number of ether oxygens (including phenoxy) is 1. The summed E-state index contributed by atoms with van der Waals surface area (Å²) in [6.45, 7) is 0.216. The molecular weight excluding hydrogens is 388 g/mol. The van der Waals surface area contributed by atoms with Crippen molar-refractivity contribution in [3.05, 3.63) is 78.6 Å². The summed E-state index contributed by atoms with van der Waals surface area (Å²) in [4.78, 5) is 4.07. The summed E-state index contributed by atoms with van der Waals surface area (Å²) in [6.07, 6.45) is 5.43. The van der Waals surface area contributed by atoms with Crippen molar-refractivity contribution in [3.8, 4) is 16.9 Å². The van der Waals surface area contributed by atoms with E-state index in [0.29, 0.717) is 17.9 Å². The minimum atomic E-state index is -3.32. The highest BCUT2D eigenvalue weighted by atomic mass is 32.2. The molecule has 0 amide bonds. The van der Waals surface area contributed by atoms with Crippen LogP contribution in [0.5, 0.6) is 5.75 Å². The second kappa shape index (κ2) is 9.54. The average molecular weight is 413 g/mol. The SMILES string of the molecule is CS(=O)(=O)Nc1cccc(-c2ccc(OC[C@H](O)CCc3cccnc3)cc2)c1. The highest BCUT2D eigenvalue weighted by Gasteiger charge is 2.07.